The van der Waals surface area contributed by atoms with Gasteiger partial charge in [-0.05, 0) is 43.9 Å². The zero-order valence-electron chi connectivity index (χ0n) is 16.3. The summed E-state index contributed by atoms with van der Waals surface area (Å²) >= 11 is 0. The maximum absolute atomic E-state index is 11.8. The summed E-state index contributed by atoms with van der Waals surface area (Å²) in [6, 6.07) is 5.66. The molecular weight excluding hydrogens is 340 g/mol. The van der Waals surface area contributed by atoms with E-state index in [0.717, 1.165) is 48.3 Å². The van der Waals surface area contributed by atoms with Gasteiger partial charge in [0.1, 0.15) is 11.6 Å². The standard InChI is InChI=1S/C20H28N6O/c1-13(2)11-16(27)7-5-4-6-10-22-19-20-25-24-14(3)26(20)18-9-8-15(21)12-17(18)23-19/h8-9,12-13H,4-7,10-11,21H2,1-3H3,(H,22,23). The highest BCUT2D eigenvalue weighted by Gasteiger charge is 2.13. The van der Waals surface area contributed by atoms with Crippen LogP contribution in [-0.4, -0.2) is 31.9 Å². The summed E-state index contributed by atoms with van der Waals surface area (Å²) in [5, 5.41) is 11.8. The van der Waals surface area contributed by atoms with Gasteiger partial charge in [0.2, 0.25) is 5.65 Å². The maximum Gasteiger partial charge on any atom is 0.204 e. The highest BCUT2D eigenvalue weighted by molar-refractivity contribution is 5.85. The number of Topliss-reactive ketones (excluding diaryl/α,β-unsaturated/α-hetero) is 1. The number of nitrogens with one attached hydrogen (secondary N) is 1. The van der Waals surface area contributed by atoms with Crippen LogP contribution in [0, 0.1) is 12.8 Å². The lowest BCUT2D eigenvalue weighted by atomic mass is 10.0. The van der Waals surface area contributed by atoms with Gasteiger partial charge in [-0.15, -0.1) is 10.2 Å². The van der Waals surface area contributed by atoms with E-state index < -0.39 is 0 Å². The summed E-state index contributed by atoms with van der Waals surface area (Å²) in [5.41, 5.74) is 9.06. The minimum Gasteiger partial charge on any atom is -0.399 e. The van der Waals surface area contributed by atoms with Gasteiger partial charge in [0.25, 0.3) is 0 Å². The Morgan fingerprint density at radius 2 is 2.04 bits per heavy atom. The second-order valence-corrected chi connectivity index (χ2v) is 7.49. The molecule has 7 heteroatoms. The maximum atomic E-state index is 11.8. The summed E-state index contributed by atoms with van der Waals surface area (Å²) in [6.45, 7) is 6.87. The van der Waals surface area contributed by atoms with Gasteiger partial charge < -0.3 is 11.1 Å². The third kappa shape index (κ3) is 4.53. The van der Waals surface area contributed by atoms with Crippen molar-refractivity contribution >= 4 is 34.0 Å². The fourth-order valence-corrected chi connectivity index (χ4v) is 3.30. The first-order valence-electron chi connectivity index (χ1n) is 9.62. The minimum atomic E-state index is 0.368. The van der Waals surface area contributed by atoms with Gasteiger partial charge in [0, 0.05) is 25.1 Å². The Labute approximate surface area is 159 Å². The van der Waals surface area contributed by atoms with E-state index in [2.05, 4.69) is 34.3 Å². The molecule has 3 rings (SSSR count). The van der Waals surface area contributed by atoms with Gasteiger partial charge in [0.05, 0.1) is 11.0 Å². The topological polar surface area (TPSA) is 98.2 Å². The number of carbonyl (C=O) groups is 1. The molecular formula is C20H28N6O. The second-order valence-electron chi connectivity index (χ2n) is 7.49. The first kappa shape index (κ1) is 19.1. The highest BCUT2D eigenvalue weighted by Crippen LogP contribution is 2.23. The van der Waals surface area contributed by atoms with Crippen molar-refractivity contribution in [1.82, 2.24) is 19.6 Å². The first-order valence-corrected chi connectivity index (χ1v) is 9.62. The SMILES string of the molecule is Cc1nnc2c(NCCCCCC(=O)CC(C)C)nc3cc(N)ccc3n12. The van der Waals surface area contributed by atoms with E-state index in [-0.39, 0.29) is 0 Å². The van der Waals surface area contributed by atoms with Gasteiger partial charge in [-0.25, -0.2) is 4.98 Å². The summed E-state index contributed by atoms with van der Waals surface area (Å²) < 4.78 is 1.99. The predicted molar refractivity (Wildman–Crippen MR) is 109 cm³/mol. The molecule has 0 aliphatic carbocycles. The molecule has 0 fully saturated rings. The zero-order valence-corrected chi connectivity index (χ0v) is 16.3. The van der Waals surface area contributed by atoms with E-state index in [9.17, 15) is 4.79 Å². The first-order chi connectivity index (χ1) is 13.0. The lowest BCUT2D eigenvalue weighted by Crippen LogP contribution is -2.07. The average Bonchev–Trinajstić information content (AvgIpc) is 2.99. The molecule has 2 heterocycles. The van der Waals surface area contributed by atoms with Crippen molar-refractivity contribution in [3.05, 3.63) is 24.0 Å². The summed E-state index contributed by atoms with van der Waals surface area (Å²) in [7, 11) is 0. The summed E-state index contributed by atoms with van der Waals surface area (Å²) in [6.07, 6.45) is 4.30. The van der Waals surface area contributed by atoms with Crippen molar-refractivity contribution in [2.45, 2.75) is 52.9 Å². The van der Waals surface area contributed by atoms with E-state index in [1.165, 1.54) is 0 Å². The highest BCUT2D eigenvalue weighted by atomic mass is 16.1. The van der Waals surface area contributed by atoms with Crippen LogP contribution in [0.3, 0.4) is 0 Å². The molecule has 0 aliphatic rings. The largest absolute Gasteiger partial charge is 0.399 e. The number of nitrogens with two attached hydrogens (primary N) is 1. The quantitative estimate of drug-likeness (QED) is 0.441. The van der Waals surface area contributed by atoms with Gasteiger partial charge >= 0.3 is 0 Å². The molecule has 0 saturated carbocycles. The van der Waals surface area contributed by atoms with Crippen molar-refractivity contribution in [3.8, 4) is 0 Å². The number of rotatable bonds is 9. The number of carbonyl (C=O) groups excluding carboxylic acids is 1. The van der Waals surface area contributed by atoms with Crippen molar-refractivity contribution in [3.63, 3.8) is 0 Å². The fourth-order valence-electron chi connectivity index (χ4n) is 3.30. The van der Waals surface area contributed by atoms with Crippen LogP contribution in [-0.2, 0) is 4.79 Å². The molecule has 0 unspecified atom stereocenters. The van der Waals surface area contributed by atoms with Crippen LogP contribution < -0.4 is 11.1 Å². The molecule has 7 nitrogen and oxygen atoms in total. The van der Waals surface area contributed by atoms with Gasteiger partial charge in [-0.3, -0.25) is 9.20 Å². The molecule has 3 N–H and O–H groups in total. The monoisotopic (exact) mass is 368 g/mol. The lowest BCUT2D eigenvalue weighted by molar-refractivity contribution is -0.119. The van der Waals surface area contributed by atoms with E-state index in [1.54, 1.807) is 0 Å². The second kappa shape index (κ2) is 8.33. The number of hydrogen-bond acceptors (Lipinski definition) is 6. The van der Waals surface area contributed by atoms with Crippen LogP contribution in [0.5, 0.6) is 0 Å². The van der Waals surface area contributed by atoms with Gasteiger partial charge in [-0.1, -0.05) is 20.3 Å². The van der Waals surface area contributed by atoms with Crippen molar-refractivity contribution in [1.29, 1.82) is 0 Å². The molecule has 0 aliphatic heterocycles. The normalized spacial score (nSPS) is 11.6. The molecule has 27 heavy (non-hydrogen) atoms. The smallest absolute Gasteiger partial charge is 0.204 e. The number of nitrogens with zero attached hydrogens (tertiary/aromatic N) is 4. The number of aryl methyl sites for hydroxylation is 1. The molecule has 2 aromatic heterocycles. The van der Waals surface area contributed by atoms with Crippen molar-refractivity contribution in [2.75, 3.05) is 17.6 Å². The van der Waals surface area contributed by atoms with Crippen LogP contribution >= 0.6 is 0 Å². The Morgan fingerprint density at radius 3 is 2.81 bits per heavy atom. The molecule has 3 aromatic rings. The van der Waals surface area contributed by atoms with Crippen LogP contribution in [0.25, 0.3) is 16.7 Å². The number of fused-ring (bicyclic) bond motifs is 3. The predicted octanol–water partition coefficient (Wildman–Crippen LogP) is 3.76. The molecule has 0 radical (unpaired) electrons. The summed E-state index contributed by atoms with van der Waals surface area (Å²) in [5.74, 6) is 2.34. The minimum absolute atomic E-state index is 0.368. The number of unbranched alkanes of at least 4 members (excludes halogenated alkanes) is 2. The number of anilines is 2. The Morgan fingerprint density at radius 1 is 1.22 bits per heavy atom. The van der Waals surface area contributed by atoms with E-state index in [0.29, 0.717) is 36.0 Å². The van der Waals surface area contributed by atoms with Crippen LogP contribution in [0.2, 0.25) is 0 Å². The number of aromatic nitrogens is 4. The number of nitrogen functional groups attached to an aromatic ring is 1. The summed E-state index contributed by atoms with van der Waals surface area (Å²) in [4.78, 5) is 16.4. The van der Waals surface area contributed by atoms with Crippen molar-refractivity contribution < 1.29 is 4.79 Å². The Balaban J connectivity index is 1.62. The number of ketones is 1. The molecule has 0 saturated heterocycles. The van der Waals surface area contributed by atoms with Crippen LogP contribution in [0.1, 0.15) is 51.8 Å². The van der Waals surface area contributed by atoms with E-state index in [4.69, 9.17) is 5.73 Å². The van der Waals surface area contributed by atoms with Crippen LogP contribution in [0.15, 0.2) is 18.2 Å². The average molecular weight is 368 g/mol. The van der Waals surface area contributed by atoms with Gasteiger partial charge in [-0.2, -0.15) is 0 Å². The molecule has 0 bridgehead atoms. The fraction of sp³-hybridized carbons (Fsp3) is 0.500. The Hall–Kier alpha value is -2.70. The third-order valence-electron chi connectivity index (χ3n) is 4.57. The molecule has 0 spiro atoms. The number of hydrogen-bond donors (Lipinski definition) is 2. The molecule has 1 aromatic carbocycles. The Kier molecular flexibility index (Phi) is 5.88. The van der Waals surface area contributed by atoms with E-state index >= 15 is 0 Å². The lowest BCUT2D eigenvalue weighted by Gasteiger charge is -2.10. The molecule has 0 amide bonds. The Bertz CT molecular complexity index is 946. The number of benzene rings is 1. The zero-order chi connectivity index (χ0) is 19.4. The molecule has 0 atom stereocenters. The molecule has 144 valence electrons. The van der Waals surface area contributed by atoms with E-state index in [1.807, 2.05) is 29.5 Å². The van der Waals surface area contributed by atoms with Crippen molar-refractivity contribution in [2.24, 2.45) is 5.92 Å². The van der Waals surface area contributed by atoms with Crippen LogP contribution in [0.4, 0.5) is 11.5 Å². The third-order valence-corrected chi connectivity index (χ3v) is 4.57. The van der Waals surface area contributed by atoms with Gasteiger partial charge in [0.15, 0.2) is 5.82 Å².